The summed E-state index contributed by atoms with van der Waals surface area (Å²) in [6, 6.07) is 54.7. The van der Waals surface area contributed by atoms with E-state index in [1.165, 1.54) is 104 Å². The highest BCUT2D eigenvalue weighted by molar-refractivity contribution is 7.00. The van der Waals surface area contributed by atoms with E-state index in [2.05, 4.69) is 175 Å². The van der Waals surface area contributed by atoms with Gasteiger partial charge in [0.05, 0.1) is 21.9 Å². The number of rotatable bonds is 1. The molecule has 3 nitrogen and oxygen atoms in total. The zero-order chi connectivity index (χ0) is 35.6. The Morgan fingerprint density at radius 3 is 1.98 bits per heavy atom. The van der Waals surface area contributed by atoms with E-state index in [1.54, 1.807) is 0 Å². The van der Waals surface area contributed by atoms with Crippen molar-refractivity contribution in [1.82, 2.24) is 9.13 Å². The van der Waals surface area contributed by atoms with Gasteiger partial charge in [0, 0.05) is 43.8 Å². The average molecular weight is 689 g/mol. The molecule has 2 aliphatic rings. The van der Waals surface area contributed by atoms with Crippen LogP contribution in [0.15, 0.2) is 150 Å². The van der Waals surface area contributed by atoms with Gasteiger partial charge in [-0.2, -0.15) is 0 Å². The fourth-order valence-electron chi connectivity index (χ4n) is 10.2. The molecule has 252 valence electrons. The maximum atomic E-state index is 6.81. The topological polar surface area (TPSA) is 23.0 Å². The second kappa shape index (κ2) is 9.72. The second-order valence-corrected chi connectivity index (χ2v) is 16.5. The zero-order valence-electron chi connectivity index (χ0n) is 30.2. The zero-order valence-corrected chi connectivity index (χ0v) is 30.2. The van der Waals surface area contributed by atoms with Crippen LogP contribution in [0, 0.1) is 0 Å². The number of hydrogen-bond acceptors (Lipinski definition) is 1. The number of furan rings is 1. The summed E-state index contributed by atoms with van der Waals surface area (Å²) in [7, 11) is 0. The molecule has 0 spiro atoms. The molecule has 0 aliphatic carbocycles. The summed E-state index contributed by atoms with van der Waals surface area (Å²) < 4.78 is 12.0. The van der Waals surface area contributed by atoms with E-state index in [0.29, 0.717) is 0 Å². The van der Waals surface area contributed by atoms with Gasteiger partial charge in [-0.15, -0.1) is 0 Å². The first-order valence-electron chi connectivity index (χ1n) is 19.1. The first-order valence-corrected chi connectivity index (χ1v) is 19.1. The standard InChI is InChI=1S/C50H33BN2O/c1-50(2,3)32-21-19-28(20-22-32)31-25-42-46-43(26-31)53-41-24-30-12-5-4-11-29(30)23-36(41)34-15-10-16-38(47(34)53)51(46)39-27-37-33-13-7-9-18-44(33)54-49(37)45-35-14-6-8-17-40(35)52(42)48(39)45/h4-27H,1-3H3. The summed E-state index contributed by atoms with van der Waals surface area (Å²) >= 11 is 0. The third kappa shape index (κ3) is 3.49. The molecule has 0 bridgehead atoms. The summed E-state index contributed by atoms with van der Waals surface area (Å²) in [6.07, 6.45) is 0. The van der Waals surface area contributed by atoms with Crippen molar-refractivity contribution >= 4 is 99.4 Å². The number of nitrogens with zero attached hydrogens (tertiary/aromatic N) is 2. The summed E-state index contributed by atoms with van der Waals surface area (Å²) in [4.78, 5) is 0. The lowest BCUT2D eigenvalue weighted by atomic mass is 9.34. The molecular weight excluding hydrogens is 655 g/mol. The highest BCUT2D eigenvalue weighted by Crippen LogP contribution is 2.44. The average Bonchev–Trinajstić information content (AvgIpc) is 3.85. The quantitative estimate of drug-likeness (QED) is 0.157. The Hall–Kier alpha value is -6.52. The van der Waals surface area contributed by atoms with E-state index >= 15 is 0 Å². The molecule has 3 aromatic heterocycles. The molecule has 2 aliphatic heterocycles. The molecule has 54 heavy (non-hydrogen) atoms. The van der Waals surface area contributed by atoms with Crippen molar-refractivity contribution < 1.29 is 4.42 Å². The van der Waals surface area contributed by atoms with Gasteiger partial charge < -0.3 is 13.6 Å². The smallest absolute Gasteiger partial charge is 0.252 e. The molecule has 8 aromatic carbocycles. The van der Waals surface area contributed by atoms with Gasteiger partial charge in [0.1, 0.15) is 11.2 Å². The monoisotopic (exact) mass is 688 g/mol. The Morgan fingerprint density at radius 1 is 0.500 bits per heavy atom. The number of para-hydroxylation sites is 3. The Kier molecular flexibility index (Phi) is 5.22. The van der Waals surface area contributed by atoms with Crippen LogP contribution in [0.5, 0.6) is 0 Å². The predicted molar refractivity (Wildman–Crippen MR) is 229 cm³/mol. The van der Waals surface area contributed by atoms with Crippen molar-refractivity contribution in [3.05, 3.63) is 151 Å². The maximum absolute atomic E-state index is 6.81. The van der Waals surface area contributed by atoms with Crippen molar-refractivity contribution in [2.45, 2.75) is 26.2 Å². The minimum absolute atomic E-state index is 0.0413. The van der Waals surface area contributed by atoms with Gasteiger partial charge >= 0.3 is 0 Å². The van der Waals surface area contributed by atoms with Crippen molar-refractivity contribution in [2.24, 2.45) is 0 Å². The van der Waals surface area contributed by atoms with Gasteiger partial charge in [-0.05, 0) is 85.7 Å². The summed E-state index contributed by atoms with van der Waals surface area (Å²) in [6.45, 7) is 6.90. The Labute approximate surface area is 311 Å². The third-order valence-electron chi connectivity index (χ3n) is 12.6. The minimum Gasteiger partial charge on any atom is -0.455 e. The lowest BCUT2D eigenvalue weighted by Crippen LogP contribution is -2.59. The third-order valence-corrected chi connectivity index (χ3v) is 12.6. The van der Waals surface area contributed by atoms with E-state index in [-0.39, 0.29) is 12.1 Å². The van der Waals surface area contributed by atoms with Gasteiger partial charge in [-0.25, -0.2) is 0 Å². The normalized spacial score (nSPS) is 13.4. The first kappa shape index (κ1) is 29.0. The summed E-state index contributed by atoms with van der Waals surface area (Å²) in [5.41, 5.74) is 17.3. The minimum atomic E-state index is 0.0413. The van der Waals surface area contributed by atoms with Gasteiger partial charge in [0.15, 0.2) is 0 Å². The molecule has 0 fully saturated rings. The van der Waals surface area contributed by atoms with Crippen molar-refractivity contribution in [3.8, 4) is 22.5 Å². The van der Waals surface area contributed by atoms with Crippen molar-refractivity contribution in [3.63, 3.8) is 0 Å². The fraction of sp³-hybridized carbons (Fsp3) is 0.0800. The highest BCUT2D eigenvalue weighted by Gasteiger charge is 2.42. The molecular formula is C50H33BN2O. The van der Waals surface area contributed by atoms with Crippen molar-refractivity contribution in [1.29, 1.82) is 0 Å². The number of aromatic nitrogens is 2. The van der Waals surface area contributed by atoms with E-state index in [9.17, 15) is 0 Å². The maximum Gasteiger partial charge on any atom is 0.252 e. The first-order chi connectivity index (χ1) is 26.4. The predicted octanol–water partition coefficient (Wildman–Crippen LogP) is 11.0. The van der Waals surface area contributed by atoms with Crippen LogP contribution < -0.4 is 16.4 Å². The Balaban J connectivity index is 1.25. The molecule has 13 rings (SSSR count). The fourth-order valence-corrected chi connectivity index (χ4v) is 10.2. The molecule has 11 aromatic rings. The molecule has 0 N–H and O–H groups in total. The van der Waals surface area contributed by atoms with Crippen molar-refractivity contribution in [2.75, 3.05) is 0 Å². The lowest BCUT2D eigenvalue weighted by molar-refractivity contribution is 0.590. The SMILES string of the molecule is CC(C)(C)c1ccc(-c2cc3c4c(c2)-n2c5ccccc5c5c6oc7ccccc7c6cc(c52)B4c2cccc4c5cc6ccccc6cc5n-3c24)cc1. The van der Waals surface area contributed by atoms with Crippen LogP contribution in [0.25, 0.3) is 98.8 Å². The second-order valence-electron chi connectivity index (χ2n) is 16.5. The van der Waals surface area contributed by atoms with Gasteiger partial charge in [0.2, 0.25) is 0 Å². The van der Waals surface area contributed by atoms with Crippen LogP contribution in [0.2, 0.25) is 0 Å². The lowest BCUT2D eigenvalue weighted by Gasteiger charge is -2.34. The largest absolute Gasteiger partial charge is 0.455 e. The molecule has 5 heterocycles. The van der Waals surface area contributed by atoms with Gasteiger partial charge in [0.25, 0.3) is 6.71 Å². The van der Waals surface area contributed by atoms with Crippen LogP contribution >= 0.6 is 0 Å². The number of hydrogen-bond donors (Lipinski definition) is 0. The van der Waals surface area contributed by atoms with Crippen LogP contribution in [-0.2, 0) is 5.41 Å². The number of fused-ring (bicyclic) bond motifs is 15. The molecule has 0 saturated heterocycles. The highest BCUT2D eigenvalue weighted by atomic mass is 16.3. The van der Waals surface area contributed by atoms with Gasteiger partial charge in [-0.1, -0.05) is 130 Å². The Morgan fingerprint density at radius 2 is 1.19 bits per heavy atom. The van der Waals surface area contributed by atoms with Crippen LogP contribution in [0.1, 0.15) is 26.3 Å². The summed E-state index contributed by atoms with van der Waals surface area (Å²) in [5, 5.41) is 9.89. The Bertz CT molecular complexity index is 3480. The molecule has 0 amide bonds. The van der Waals surface area contributed by atoms with E-state index < -0.39 is 0 Å². The molecule has 0 saturated carbocycles. The molecule has 0 radical (unpaired) electrons. The van der Waals surface area contributed by atoms with Crippen LogP contribution in [0.3, 0.4) is 0 Å². The van der Waals surface area contributed by atoms with Gasteiger partial charge in [-0.3, -0.25) is 0 Å². The number of benzene rings is 8. The summed E-state index contributed by atoms with van der Waals surface area (Å²) in [5.74, 6) is 0. The van der Waals surface area contributed by atoms with Crippen LogP contribution in [0.4, 0.5) is 0 Å². The van der Waals surface area contributed by atoms with E-state index in [4.69, 9.17) is 4.42 Å². The van der Waals surface area contributed by atoms with E-state index in [1.807, 2.05) is 0 Å². The molecule has 0 atom stereocenters. The molecule has 0 unspecified atom stereocenters. The van der Waals surface area contributed by atoms with E-state index in [0.717, 1.165) is 16.6 Å². The van der Waals surface area contributed by atoms with Crippen LogP contribution in [-0.4, -0.2) is 15.8 Å². The molecule has 4 heteroatoms.